The summed E-state index contributed by atoms with van der Waals surface area (Å²) in [6.45, 7) is 12.1. The molecule has 0 amide bonds. The third kappa shape index (κ3) is 2.51. The highest BCUT2D eigenvalue weighted by Gasteiger charge is 2.27. The smallest absolute Gasteiger partial charge is 0.311 e. The molecular weight excluding hydrogens is 212 g/mol. The molecule has 2 heteroatoms. The topological polar surface area (TPSA) is 37.3 Å². The van der Waals surface area contributed by atoms with E-state index in [-0.39, 0.29) is 5.92 Å². The van der Waals surface area contributed by atoms with Gasteiger partial charge in [-0.1, -0.05) is 19.9 Å². The summed E-state index contributed by atoms with van der Waals surface area (Å²) in [6.07, 6.45) is 0. The standard InChI is InChI=1S/C15H22O2/c1-8(2)13(15(16)17)14-11(5)9(3)7-10(4)12(14)6/h7-8,13H,1-6H3,(H,16,17). The minimum Gasteiger partial charge on any atom is -0.481 e. The average molecular weight is 234 g/mol. The molecule has 0 saturated heterocycles. The zero-order valence-corrected chi connectivity index (χ0v) is 11.6. The fourth-order valence-electron chi connectivity index (χ4n) is 2.46. The van der Waals surface area contributed by atoms with E-state index >= 15 is 0 Å². The van der Waals surface area contributed by atoms with Crippen molar-refractivity contribution in [2.75, 3.05) is 0 Å². The van der Waals surface area contributed by atoms with Crippen LogP contribution in [0.4, 0.5) is 0 Å². The van der Waals surface area contributed by atoms with E-state index in [0.717, 1.165) is 16.7 Å². The van der Waals surface area contributed by atoms with Crippen LogP contribution in [0.15, 0.2) is 6.07 Å². The molecule has 1 rings (SSSR count). The minimum absolute atomic E-state index is 0.103. The fraction of sp³-hybridized carbons (Fsp3) is 0.533. The Morgan fingerprint density at radius 2 is 1.47 bits per heavy atom. The molecule has 0 bridgehead atoms. The van der Waals surface area contributed by atoms with Gasteiger partial charge in [-0.15, -0.1) is 0 Å². The SMILES string of the molecule is Cc1cc(C)c(C)c(C(C(=O)O)C(C)C)c1C. The highest BCUT2D eigenvalue weighted by molar-refractivity contribution is 5.78. The molecule has 0 fully saturated rings. The summed E-state index contributed by atoms with van der Waals surface area (Å²) in [4.78, 5) is 11.5. The molecule has 1 N–H and O–H groups in total. The Hall–Kier alpha value is -1.31. The van der Waals surface area contributed by atoms with Crippen LogP contribution in [0.1, 0.15) is 47.6 Å². The van der Waals surface area contributed by atoms with Gasteiger partial charge in [0.05, 0.1) is 5.92 Å². The van der Waals surface area contributed by atoms with Crippen LogP contribution >= 0.6 is 0 Å². The summed E-state index contributed by atoms with van der Waals surface area (Å²) in [6, 6.07) is 2.13. The van der Waals surface area contributed by atoms with E-state index in [9.17, 15) is 9.90 Å². The van der Waals surface area contributed by atoms with Crippen molar-refractivity contribution >= 4 is 5.97 Å². The third-order valence-electron chi connectivity index (χ3n) is 3.67. The lowest BCUT2D eigenvalue weighted by molar-refractivity contribution is -0.139. The summed E-state index contributed by atoms with van der Waals surface area (Å²) in [5, 5.41) is 9.43. The molecule has 2 nitrogen and oxygen atoms in total. The second-order valence-corrected chi connectivity index (χ2v) is 5.23. The molecule has 0 heterocycles. The van der Waals surface area contributed by atoms with Gasteiger partial charge in [0, 0.05) is 0 Å². The number of hydrogen-bond acceptors (Lipinski definition) is 1. The molecule has 1 aromatic rings. The van der Waals surface area contributed by atoms with Crippen LogP contribution in [0.5, 0.6) is 0 Å². The van der Waals surface area contributed by atoms with Crippen LogP contribution < -0.4 is 0 Å². The van der Waals surface area contributed by atoms with E-state index in [1.807, 2.05) is 41.5 Å². The van der Waals surface area contributed by atoms with Crippen LogP contribution in [0, 0.1) is 33.6 Å². The van der Waals surface area contributed by atoms with Crippen LogP contribution in [0.3, 0.4) is 0 Å². The molecule has 17 heavy (non-hydrogen) atoms. The lowest BCUT2D eigenvalue weighted by atomic mass is 9.80. The van der Waals surface area contributed by atoms with Gasteiger partial charge in [-0.2, -0.15) is 0 Å². The first kappa shape index (κ1) is 13.8. The van der Waals surface area contributed by atoms with E-state index in [0.29, 0.717) is 0 Å². The normalized spacial score (nSPS) is 12.9. The molecule has 1 atom stereocenters. The molecule has 0 aromatic heterocycles. The van der Waals surface area contributed by atoms with Crippen molar-refractivity contribution in [2.24, 2.45) is 5.92 Å². The second kappa shape index (κ2) is 4.91. The quantitative estimate of drug-likeness (QED) is 0.865. The summed E-state index contributed by atoms with van der Waals surface area (Å²) in [7, 11) is 0. The van der Waals surface area contributed by atoms with Crippen LogP contribution in [-0.2, 0) is 4.79 Å². The van der Waals surface area contributed by atoms with Gasteiger partial charge in [-0.3, -0.25) is 4.79 Å². The molecule has 0 aliphatic rings. The van der Waals surface area contributed by atoms with Gasteiger partial charge < -0.3 is 5.11 Å². The number of hydrogen-bond donors (Lipinski definition) is 1. The number of aryl methyl sites for hydroxylation is 2. The second-order valence-electron chi connectivity index (χ2n) is 5.23. The molecule has 0 saturated carbocycles. The molecule has 1 aromatic carbocycles. The first-order valence-electron chi connectivity index (χ1n) is 6.07. The number of carboxylic acid groups (broad SMARTS) is 1. The van der Waals surface area contributed by atoms with Gasteiger partial charge in [0.25, 0.3) is 0 Å². The number of benzene rings is 1. The minimum atomic E-state index is -0.726. The predicted molar refractivity (Wildman–Crippen MR) is 70.6 cm³/mol. The van der Waals surface area contributed by atoms with Crippen LogP contribution in [0.25, 0.3) is 0 Å². The average Bonchev–Trinajstić information content (AvgIpc) is 2.20. The number of aliphatic carboxylic acids is 1. The lowest BCUT2D eigenvalue weighted by Crippen LogP contribution is -2.20. The van der Waals surface area contributed by atoms with E-state index in [1.165, 1.54) is 11.1 Å². The fourth-order valence-corrected chi connectivity index (χ4v) is 2.46. The third-order valence-corrected chi connectivity index (χ3v) is 3.67. The van der Waals surface area contributed by atoms with Gasteiger partial charge in [0.15, 0.2) is 0 Å². The van der Waals surface area contributed by atoms with Gasteiger partial charge in [0.1, 0.15) is 0 Å². The Labute approximate surface area is 104 Å². The van der Waals surface area contributed by atoms with Crippen LogP contribution in [-0.4, -0.2) is 11.1 Å². The van der Waals surface area contributed by atoms with Gasteiger partial charge >= 0.3 is 5.97 Å². The summed E-state index contributed by atoms with van der Waals surface area (Å²) >= 11 is 0. The van der Waals surface area contributed by atoms with Crippen molar-refractivity contribution < 1.29 is 9.90 Å². The number of rotatable bonds is 3. The van der Waals surface area contributed by atoms with E-state index in [1.54, 1.807) is 0 Å². The highest BCUT2D eigenvalue weighted by Crippen LogP contribution is 2.33. The summed E-state index contributed by atoms with van der Waals surface area (Å²) < 4.78 is 0. The predicted octanol–water partition coefficient (Wildman–Crippen LogP) is 3.74. The van der Waals surface area contributed by atoms with Gasteiger partial charge in [-0.25, -0.2) is 0 Å². The first-order valence-corrected chi connectivity index (χ1v) is 6.07. The van der Waals surface area contributed by atoms with Crippen molar-refractivity contribution in [1.29, 1.82) is 0 Å². The summed E-state index contributed by atoms with van der Waals surface area (Å²) in [5.41, 5.74) is 5.60. The number of carboxylic acids is 1. The van der Waals surface area contributed by atoms with Crippen molar-refractivity contribution in [1.82, 2.24) is 0 Å². The highest BCUT2D eigenvalue weighted by atomic mass is 16.4. The summed E-state index contributed by atoms with van der Waals surface area (Å²) in [5.74, 6) is -1.03. The molecule has 0 radical (unpaired) electrons. The molecule has 94 valence electrons. The van der Waals surface area contributed by atoms with Gasteiger partial charge in [-0.05, 0) is 61.4 Å². The largest absolute Gasteiger partial charge is 0.481 e. The Bertz CT molecular complexity index is 418. The van der Waals surface area contributed by atoms with Crippen LogP contribution in [0.2, 0.25) is 0 Å². The maximum absolute atomic E-state index is 11.5. The van der Waals surface area contributed by atoms with Gasteiger partial charge in [0.2, 0.25) is 0 Å². The van der Waals surface area contributed by atoms with Crippen molar-refractivity contribution in [3.8, 4) is 0 Å². The molecule has 0 aliphatic heterocycles. The van der Waals surface area contributed by atoms with E-state index < -0.39 is 11.9 Å². The first-order chi connectivity index (χ1) is 7.77. The Kier molecular flexibility index (Phi) is 3.97. The maximum atomic E-state index is 11.5. The maximum Gasteiger partial charge on any atom is 0.311 e. The molecule has 1 unspecified atom stereocenters. The molecule has 0 spiro atoms. The molecular formula is C15H22O2. The zero-order valence-electron chi connectivity index (χ0n) is 11.6. The lowest BCUT2D eigenvalue weighted by Gasteiger charge is -2.23. The van der Waals surface area contributed by atoms with E-state index in [2.05, 4.69) is 6.07 Å². The zero-order chi connectivity index (χ0) is 13.3. The van der Waals surface area contributed by atoms with Crippen molar-refractivity contribution in [2.45, 2.75) is 47.5 Å². The Morgan fingerprint density at radius 3 is 1.76 bits per heavy atom. The Morgan fingerprint density at radius 1 is 1.06 bits per heavy atom. The molecule has 0 aliphatic carbocycles. The van der Waals surface area contributed by atoms with Crippen molar-refractivity contribution in [3.63, 3.8) is 0 Å². The number of carbonyl (C=O) groups is 1. The Balaban J connectivity index is 3.52. The van der Waals surface area contributed by atoms with Crippen molar-refractivity contribution in [3.05, 3.63) is 33.9 Å². The monoisotopic (exact) mass is 234 g/mol. The van der Waals surface area contributed by atoms with E-state index in [4.69, 9.17) is 0 Å².